The van der Waals surface area contributed by atoms with Crippen LogP contribution in [-0.4, -0.2) is 70.1 Å². The van der Waals surface area contributed by atoms with Crippen LogP contribution in [0.5, 0.6) is 0 Å². The fraction of sp³-hybridized carbons (Fsp3) is 0.529. The molecule has 6 nitrogen and oxygen atoms in total. The van der Waals surface area contributed by atoms with Crippen molar-refractivity contribution in [2.45, 2.75) is 77.9 Å². The predicted octanol–water partition coefficient (Wildman–Crippen LogP) is 8.12. The summed E-state index contributed by atoms with van der Waals surface area (Å²) in [5.41, 5.74) is 1.31. The number of carbonyl (C=O) groups excluding carboxylic acids is 1. The Hall–Kier alpha value is -2.54. The Balaban J connectivity index is 1.78. The number of nitrogens with zero attached hydrogens (tertiary/aromatic N) is 3. The van der Waals surface area contributed by atoms with Gasteiger partial charge in [-0.2, -0.15) is 0 Å². The lowest BCUT2D eigenvalue weighted by atomic mass is 9.67. The van der Waals surface area contributed by atoms with Gasteiger partial charge in [-0.05, 0) is 60.1 Å². The molecule has 2 heterocycles. The van der Waals surface area contributed by atoms with Crippen molar-refractivity contribution in [3.8, 4) is 0 Å². The van der Waals surface area contributed by atoms with E-state index in [4.69, 9.17) is 23.2 Å². The summed E-state index contributed by atoms with van der Waals surface area (Å²) in [4.78, 5) is 32.8. The molecule has 2 saturated heterocycles. The number of carbonyl (C=O) groups is 2. The van der Waals surface area contributed by atoms with Crippen LogP contribution in [-0.2, 0) is 4.79 Å². The Morgan fingerprint density at radius 1 is 1.12 bits per heavy atom. The Kier molecular flexibility index (Phi) is 10.0. The molecule has 2 aromatic carbocycles. The average Bonchev–Trinajstić information content (AvgIpc) is 2.93. The SMILES string of the molecule is C=CC[C@@]1(C)C[C@H](c2cccc(Cl)c2)[C@@H](c2ccc(Cl)cc2)N([C@@H](CC)CN2CCN(C(=O)O)C(C(C)(C)C)C2)C1=O. The average molecular weight is 615 g/mol. The van der Waals surface area contributed by atoms with E-state index in [0.29, 0.717) is 49.1 Å². The van der Waals surface area contributed by atoms with Crippen LogP contribution >= 0.6 is 23.2 Å². The minimum atomic E-state index is -0.875. The highest BCUT2D eigenvalue weighted by atomic mass is 35.5. The summed E-state index contributed by atoms with van der Waals surface area (Å²) in [7, 11) is 0. The van der Waals surface area contributed by atoms with E-state index in [1.54, 1.807) is 4.90 Å². The van der Waals surface area contributed by atoms with Gasteiger partial charge in [-0.1, -0.05) is 88.2 Å². The Bertz CT molecular complexity index is 1280. The van der Waals surface area contributed by atoms with Crippen molar-refractivity contribution in [2.24, 2.45) is 10.8 Å². The molecule has 0 radical (unpaired) electrons. The first kappa shape index (κ1) is 32.4. The maximum absolute atomic E-state index is 14.7. The van der Waals surface area contributed by atoms with Gasteiger partial charge in [-0.25, -0.2) is 4.79 Å². The molecule has 8 heteroatoms. The smallest absolute Gasteiger partial charge is 0.407 e. The fourth-order valence-electron chi connectivity index (χ4n) is 6.98. The number of amides is 2. The highest BCUT2D eigenvalue weighted by Gasteiger charge is 2.51. The maximum Gasteiger partial charge on any atom is 0.407 e. The number of benzene rings is 2. The van der Waals surface area contributed by atoms with Crippen molar-refractivity contribution < 1.29 is 14.7 Å². The van der Waals surface area contributed by atoms with E-state index in [9.17, 15) is 14.7 Å². The normalized spacial score (nSPS) is 26.3. The zero-order chi connectivity index (χ0) is 30.8. The van der Waals surface area contributed by atoms with Crippen LogP contribution in [0.15, 0.2) is 61.2 Å². The summed E-state index contributed by atoms with van der Waals surface area (Å²) in [5, 5.41) is 11.2. The van der Waals surface area contributed by atoms with Crippen LogP contribution in [0.1, 0.15) is 77.0 Å². The summed E-state index contributed by atoms with van der Waals surface area (Å²) in [5.74, 6) is 0.136. The minimum Gasteiger partial charge on any atom is -0.465 e. The molecule has 0 saturated carbocycles. The number of halogens is 2. The number of piperidine rings is 1. The lowest BCUT2D eigenvalue weighted by Gasteiger charge is -2.53. The summed E-state index contributed by atoms with van der Waals surface area (Å²) in [6, 6.07) is 15.4. The molecule has 2 aliphatic rings. The first-order chi connectivity index (χ1) is 19.8. The first-order valence-corrected chi connectivity index (χ1v) is 15.7. The molecule has 0 spiro atoms. The van der Waals surface area contributed by atoms with Crippen molar-refractivity contribution in [1.82, 2.24) is 14.7 Å². The van der Waals surface area contributed by atoms with Crippen molar-refractivity contribution in [2.75, 3.05) is 26.2 Å². The van der Waals surface area contributed by atoms with E-state index in [0.717, 1.165) is 17.5 Å². The molecular weight excluding hydrogens is 569 g/mol. The molecule has 228 valence electrons. The third-order valence-electron chi connectivity index (χ3n) is 9.23. The van der Waals surface area contributed by atoms with E-state index < -0.39 is 11.5 Å². The van der Waals surface area contributed by atoms with Gasteiger partial charge in [-0.3, -0.25) is 9.69 Å². The monoisotopic (exact) mass is 613 g/mol. The molecule has 5 atom stereocenters. The van der Waals surface area contributed by atoms with Gasteiger partial charge < -0.3 is 14.9 Å². The van der Waals surface area contributed by atoms with Gasteiger partial charge in [0.1, 0.15) is 0 Å². The van der Waals surface area contributed by atoms with Crippen LogP contribution in [0.2, 0.25) is 10.0 Å². The van der Waals surface area contributed by atoms with Crippen molar-refractivity contribution in [3.05, 3.63) is 82.4 Å². The molecule has 0 aromatic heterocycles. The van der Waals surface area contributed by atoms with Crippen LogP contribution in [0.25, 0.3) is 0 Å². The van der Waals surface area contributed by atoms with E-state index in [1.807, 2.05) is 48.5 Å². The number of carboxylic acid groups (broad SMARTS) is 1. The zero-order valence-corrected chi connectivity index (χ0v) is 27.0. The molecule has 1 unspecified atom stereocenters. The molecule has 2 amide bonds. The number of likely N-dealkylation sites (tertiary alicyclic amines) is 1. The fourth-order valence-corrected chi connectivity index (χ4v) is 7.30. The largest absolute Gasteiger partial charge is 0.465 e. The van der Waals surface area contributed by atoms with E-state index in [1.165, 1.54) is 0 Å². The van der Waals surface area contributed by atoms with Crippen LogP contribution < -0.4 is 0 Å². The minimum absolute atomic E-state index is 0.00718. The Morgan fingerprint density at radius 3 is 2.38 bits per heavy atom. The van der Waals surface area contributed by atoms with E-state index >= 15 is 0 Å². The molecule has 42 heavy (non-hydrogen) atoms. The topological polar surface area (TPSA) is 64.1 Å². The summed E-state index contributed by atoms with van der Waals surface area (Å²) >= 11 is 12.8. The van der Waals surface area contributed by atoms with Crippen LogP contribution in [0.3, 0.4) is 0 Å². The number of piperazine rings is 1. The second-order valence-electron chi connectivity index (χ2n) is 13.3. The van der Waals surface area contributed by atoms with Crippen molar-refractivity contribution >= 4 is 35.2 Å². The molecular formula is C34H45Cl2N3O3. The lowest BCUT2D eigenvalue weighted by molar-refractivity contribution is -0.155. The lowest BCUT2D eigenvalue weighted by Crippen LogP contribution is -2.62. The summed E-state index contributed by atoms with van der Waals surface area (Å²) in [6.45, 7) is 16.8. The van der Waals surface area contributed by atoms with Gasteiger partial charge in [0.25, 0.3) is 0 Å². The van der Waals surface area contributed by atoms with E-state index in [2.05, 4.69) is 57.1 Å². The van der Waals surface area contributed by atoms with Crippen LogP contribution in [0.4, 0.5) is 4.79 Å². The second kappa shape index (κ2) is 13.0. The van der Waals surface area contributed by atoms with Gasteiger partial charge in [-0.15, -0.1) is 6.58 Å². The van der Waals surface area contributed by atoms with Gasteiger partial charge in [0.15, 0.2) is 0 Å². The zero-order valence-electron chi connectivity index (χ0n) is 25.5. The standard InChI is InChI=1S/C34H45Cl2N3O3/c1-7-16-34(6)20-28(24-10-9-11-26(36)19-24)30(23-12-14-25(35)15-13-23)39(31(34)40)27(8-2)21-37-17-18-38(32(41)42)29(22-37)33(3,4)5/h7,9-15,19,27-30H,1,8,16-18,20-22H2,2-6H3,(H,41,42)/t27-,28+,29?,30+,34-/m0/s1. The molecule has 2 fully saturated rings. The molecule has 2 aromatic rings. The highest BCUT2D eigenvalue weighted by Crippen LogP contribution is 2.52. The predicted molar refractivity (Wildman–Crippen MR) is 171 cm³/mol. The molecule has 0 aliphatic carbocycles. The van der Waals surface area contributed by atoms with Crippen molar-refractivity contribution in [3.63, 3.8) is 0 Å². The second-order valence-corrected chi connectivity index (χ2v) is 14.2. The van der Waals surface area contributed by atoms with E-state index in [-0.39, 0.29) is 35.4 Å². The van der Waals surface area contributed by atoms with Crippen molar-refractivity contribution in [1.29, 1.82) is 0 Å². The maximum atomic E-state index is 14.7. The molecule has 0 bridgehead atoms. The Morgan fingerprint density at radius 2 is 1.81 bits per heavy atom. The van der Waals surface area contributed by atoms with Gasteiger partial charge in [0, 0.05) is 48.2 Å². The first-order valence-electron chi connectivity index (χ1n) is 15.0. The number of hydrogen-bond donors (Lipinski definition) is 1. The van der Waals surface area contributed by atoms with Gasteiger partial charge >= 0.3 is 6.09 Å². The molecule has 4 rings (SSSR count). The molecule has 2 aliphatic heterocycles. The summed E-state index contributed by atoms with van der Waals surface area (Å²) in [6.07, 6.45) is 2.99. The van der Waals surface area contributed by atoms with Crippen LogP contribution in [0, 0.1) is 10.8 Å². The third-order valence-corrected chi connectivity index (χ3v) is 9.72. The number of hydrogen-bond acceptors (Lipinski definition) is 3. The summed E-state index contributed by atoms with van der Waals surface area (Å²) < 4.78 is 0. The number of rotatable bonds is 8. The van der Waals surface area contributed by atoms with Gasteiger partial charge in [0.2, 0.25) is 5.91 Å². The quantitative estimate of drug-likeness (QED) is 0.305. The third kappa shape index (κ3) is 6.82. The number of allylic oxidation sites excluding steroid dienone is 1. The Labute approximate surface area is 261 Å². The highest BCUT2D eigenvalue weighted by molar-refractivity contribution is 6.30. The molecule has 1 N–H and O–H groups in total. The van der Waals surface area contributed by atoms with Gasteiger partial charge in [0.05, 0.1) is 17.5 Å².